The van der Waals surface area contributed by atoms with Crippen molar-refractivity contribution < 1.29 is 9.90 Å². The molecule has 1 aromatic rings. The minimum atomic E-state index is -0.0519. The Balaban J connectivity index is 2.63. The number of carbonyl (C=O) groups is 1. The zero-order valence-electron chi connectivity index (χ0n) is 9.26. The summed E-state index contributed by atoms with van der Waals surface area (Å²) < 4.78 is 0. The van der Waals surface area contributed by atoms with Crippen LogP contribution in [0.2, 0.25) is 0 Å². The van der Waals surface area contributed by atoms with E-state index in [2.05, 4.69) is 0 Å². The SMILES string of the molecule is CC(=O)c1cc2c(c(C)c1O)CCCC2. The van der Waals surface area contributed by atoms with Crippen molar-refractivity contribution in [3.05, 3.63) is 28.3 Å². The first-order valence-corrected chi connectivity index (χ1v) is 5.46. The number of phenols is 1. The van der Waals surface area contributed by atoms with Crippen molar-refractivity contribution in [3.63, 3.8) is 0 Å². The Morgan fingerprint density at radius 1 is 1.33 bits per heavy atom. The number of fused-ring (bicyclic) bond motifs is 1. The van der Waals surface area contributed by atoms with Crippen LogP contribution in [0, 0.1) is 6.92 Å². The third kappa shape index (κ3) is 1.65. The highest BCUT2D eigenvalue weighted by atomic mass is 16.3. The summed E-state index contributed by atoms with van der Waals surface area (Å²) in [6.07, 6.45) is 4.45. The summed E-state index contributed by atoms with van der Waals surface area (Å²) in [6, 6.07) is 1.87. The molecule has 1 N–H and O–H groups in total. The molecule has 0 amide bonds. The lowest BCUT2D eigenvalue weighted by molar-refractivity contribution is 0.101. The molecule has 0 bridgehead atoms. The van der Waals surface area contributed by atoms with Crippen LogP contribution in [0.15, 0.2) is 6.07 Å². The van der Waals surface area contributed by atoms with Crippen LogP contribution in [0.3, 0.4) is 0 Å². The number of benzene rings is 1. The average molecular weight is 204 g/mol. The van der Waals surface area contributed by atoms with Crippen LogP contribution in [-0.4, -0.2) is 10.9 Å². The molecule has 0 aromatic heterocycles. The third-order valence-corrected chi connectivity index (χ3v) is 3.27. The number of rotatable bonds is 1. The molecule has 1 aromatic carbocycles. The van der Waals surface area contributed by atoms with E-state index in [9.17, 15) is 9.90 Å². The van der Waals surface area contributed by atoms with Gasteiger partial charge in [-0.1, -0.05) is 0 Å². The van der Waals surface area contributed by atoms with Crippen molar-refractivity contribution in [3.8, 4) is 5.75 Å². The van der Waals surface area contributed by atoms with Gasteiger partial charge in [0.05, 0.1) is 5.56 Å². The van der Waals surface area contributed by atoms with Crippen molar-refractivity contribution in [2.45, 2.75) is 39.5 Å². The van der Waals surface area contributed by atoms with E-state index in [1.54, 1.807) is 0 Å². The number of Topliss-reactive ketones (excluding diaryl/α,β-unsaturated/α-hetero) is 1. The highest BCUT2D eigenvalue weighted by Crippen LogP contribution is 2.33. The summed E-state index contributed by atoms with van der Waals surface area (Å²) in [7, 11) is 0. The Morgan fingerprint density at radius 2 is 2.00 bits per heavy atom. The van der Waals surface area contributed by atoms with Gasteiger partial charge < -0.3 is 5.11 Å². The molecule has 2 nitrogen and oxygen atoms in total. The summed E-state index contributed by atoms with van der Waals surface area (Å²) >= 11 is 0. The van der Waals surface area contributed by atoms with E-state index in [0.717, 1.165) is 18.4 Å². The van der Waals surface area contributed by atoms with Crippen LogP contribution < -0.4 is 0 Å². The molecule has 0 saturated carbocycles. The second-order valence-electron chi connectivity index (χ2n) is 4.30. The number of carbonyl (C=O) groups excluding carboxylic acids is 1. The fraction of sp³-hybridized carbons (Fsp3) is 0.462. The smallest absolute Gasteiger partial charge is 0.163 e. The Hall–Kier alpha value is -1.31. The lowest BCUT2D eigenvalue weighted by Gasteiger charge is -2.20. The van der Waals surface area contributed by atoms with Crippen molar-refractivity contribution in [1.82, 2.24) is 0 Å². The van der Waals surface area contributed by atoms with Gasteiger partial charge in [0, 0.05) is 0 Å². The third-order valence-electron chi connectivity index (χ3n) is 3.27. The Bertz CT molecular complexity index is 419. The first-order chi connectivity index (χ1) is 7.11. The molecule has 0 heterocycles. The minimum Gasteiger partial charge on any atom is -0.507 e. The van der Waals surface area contributed by atoms with Crippen LogP contribution >= 0.6 is 0 Å². The molecule has 0 fully saturated rings. The molecule has 1 aliphatic carbocycles. The number of phenolic OH excluding ortho intramolecular Hbond substituents is 1. The molecule has 2 rings (SSSR count). The second kappa shape index (κ2) is 3.69. The van der Waals surface area contributed by atoms with Crippen molar-refractivity contribution in [1.29, 1.82) is 0 Å². The van der Waals surface area contributed by atoms with E-state index in [0.29, 0.717) is 5.56 Å². The molecule has 0 unspecified atom stereocenters. The van der Waals surface area contributed by atoms with Gasteiger partial charge in [-0.15, -0.1) is 0 Å². The monoisotopic (exact) mass is 204 g/mol. The van der Waals surface area contributed by atoms with E-state index in [-0.39, 0.29) is 11.5 Å². The second-order valence-corrected chi connectivity index (χ2v) is 4.30. The quantitative estimate of drug-likeness (QED) is 0.714. The van der Waals surface area contributed by atoms with Gasteiger partial charge in [-0.25, -0.2) is 0 Å². The Morgan fingerprint density at radius 3 is 2.67 bits per heavy atom. The van der Waals surface area contributed by atoms with Gasteiger partial charge in [-0.2, -0.15) is 0 Å². The standard InChI is InChI=1S/C13H16O2/c1-8-11-6-4-3-5-10(11)7-12(9(2)14)13(8)15/h7,15H,3-6H2,1-2H3. The normalized spacial score (nSPS) is 14.8. The highest BCUT2D eigenvalue weighted by molar-refractivity contribution is 5.97. The molecule has 0 aliphatic heterocycles. The molecular formula is C13H16O2. The topological polar surface area (TPSA) is 37.3 Å². The number of aryl methyl sites for hydroxylation is 1. The molecule has 2 heteroatoms. The molecule has 80 valence electrons. The maximum Gasteiger partial charge on any atom is 0.163 e. The maximum absolute atomic E-state index is 11.3. The summed E-state index contributed by atoms with van der Waals surface area (Å²) in [6.45, 7) is 3.41. The van der Waals surface area contributed by atoms with Gasteiger partial charge in [0.2, 0.25) is 0 Å². The van der Waals surface area contributed by atoms with Gasteiger partial charge in [0.1, 0.15) is 5.75 Å². The van der Waals surface area contributed by atoms with Crippen LogP contribution in [-0.2, 0) is 12.8 Å². The highest BCUT2D eigenvalue weighted by Gasteiger charge is 2.18. The van der Waals surface area contributed by atoms with E-state index in [1.165, 1.54) is 30.9 Å². The van der Waals surface area contributed by atoms with E-state index in [4.69, 9.17) is 0 Å². The molecule has 0 spiro atoms. The van der Waals surface area contributed by atoms with Gasteiger partial charge in [0.15, 0.2) is 5.78 Å². The summed E-state index contributed by atoms with van der Waals surface area (Å²) in [5.74, 6) is 0.132. The lowest BCUT2D eigenvalue weighted by Crippen LogP contribution is -2.08. The number of hydrogen-bond acceptors (Lipinski definition) is 2. The minimum absolute atomic E-state index is 0.0519. The molecule has 0 radical (unpaired) electrons. The average Bonchev–Trinajstić information content (AvgIpc) is 2.23. The summed E-state index contributed by atoms with van der Waals surface area (Å²) in [5, 5.41) is 9.90. The Kier molecular flexibility index (Phi) is 2.51. The van der Waals surface area contributed by atoms with Crippen molar-refractivity contribution >= 4 is 5.78 Å². The lowest BCUT2D eigenvalue weighted by atomic mass is 9.86. The summed E-state index contributed by atoms with van der Waals surface area (Å²) in [4.78, 5) is 11.3. The summed E-state index contributed by atoms with van der Waals surface area (Å²) in [5.41, 5.74) is 3.89. The first kappa shape index (κ1) is 10.2. The van der Waals surface area contributed by atoms with E-state index >= 15 is 0 Å². The zero-order valence-corrected chi connectivity index (χ0v) is 9.26. The van der Waals surface area contributed by atoms with Gasteiger partial charge >= 0.3 is 0 Å². The molecule has 15 heavy (non-hydrogen) atoms. The van der Waals surface area contributed by atoms with E-state index in [1.807, 2.05) is 13.0 Å². The van der Waals surface area contributed by atoms with Crippen LogP contribution in [0.25, 0.3) is 0 Å². The van der Waals surface area contributed by atoms with Crippen LogP contribution in [0.1, 0.15) is 46.8 Å². The predicted octanol–water partition coefficient (Wildman–Crippen LogP) is 2.78. The van der Waals surface area contributed by atoms with Gasteiger partial charge in [-0.05, 0) is 62.3 Å². The van der Waals surface area contributed by atoms with Crippen molar-refractivity contribution in [2.75, 3.05) is 0 Å². The molecular weight excluding hydrogens is 188 g/mol. The van der Waals surface area contributed by atoms with Crippen molar-refractivity contribution in [2.24, 2.45) is 0 Å². The van der Waals surface area contributed by atoms with Gasteiger partial charge in [-0.3, -0.25) is 4.79 Å². The number of aromatic hydroxyl groups is 1. The van der Waals surface area contributed by atoms with Gasteiger partial charge in [0.25, 0.3) is 0 Å². The van der Waals surface area contributed by atoms with E-state index < -0.39 is 0 Å². The van der Waals surface area contributed by atoms with Crippen LogP contribution in [0.4, 0.5) is 0 Å². The fourth-order valence-electron chi connectivity index (χ4n) is 2.37. The molecule has 0 saturated heterocycles. The first-order valence-electron chi connectivity index (χ1n) is 5.46. The maximum atomic E-state index is 11.3. The van der Waals surface area contributed by atoms with Crippen LogP contribution in [0.5, 0.6) is 5.75 Å². The molecule has 0 atom stereocenters. The largest absolute Gasteiger partial charge is 0.507 e. The predicted molar refractivity (Wildman–Crippen MR) is 59.5 cm³/mol. The Labute approximate surface area is 89.9 Å². The number of ketones is 1. The number of hydrogen-bond donors (Lipinski definition) is 1. The zero-order chi connectivity index (χ0) is 11.0. The fourth-order valence-corrected chi connectivity index (χ4v) is 2.37. The molecule has 1 aliphatic rings.